The summed E-state index contributed by atoms with van der Waals surface area (Å²) in [4.78, 5) is 4.31. The molecule has 0 aliphatic heterocycles. The minimum atomic E-state index is 0.336. The molecule has 1 saturated carbocycles. The average molecular weight is 347 g/mol. The van der Waals surface area contributed by atoms with Gasteiger partial charge in [-0.1, -0.05) is 32.0 Å². The van der Waals surface area contributed by atoms with E-state index in [0.29, 0.717) is 12.0 Å². The number of ether oxygens (including phenoxy) is 1. The Morgan fingerprint density at radius 3 is 2.60 bits per heavy atom. The molecule has 0 radical (unpaired) electrons. The molecule has 0 bridgehead atoms. The van der Waals surface area contributed by atoms with Crippen LogP contribution in [-0.2, 0) is 4.74 Å². The van der Waals surface area contributed by atoms with E-state index in [-0.39, 0.29) is 0 Å². The van der Waals surface area contributed by atoms with E-state index in [1.165, 1.54) is 12.8 Å². The third-order valence-electron chi connectivity index (χ3n) is 4.45. The summed E-state index contributed by atoms with van der Waals surface area (Å²) in [5.41, 5.74) is 1.15. The molecule has 2 rings (SSSR count). The van der Waals surface area contributed by atoms with Gasteiger partial charge in [0.1, 0.15) is 0 Å². The number of nitrogens with zero attached hydrogens (tertiary/aromatic N) is 1. The molecule has 5 nitrogen and oxygen atoms in total. The Morgan fingerprint density at radius 2 is 1.96 bits per heavy atom. The van der Waals surface area contributed by atoms with Crippen molar-refractivity contribution in [3.63, 3.8) is 0 Å². The molecule has 1 aromatic rings. The van der Waals surface area contributed by atoms with Crippen molar-refractivity contribution in [2.24, 2.45) is 16.8 Å². The van der Waals surface area contributed by atoms with Crippen molar-refractivity contribution >= 4 is 11.6 Å². The van der Waals surface area contributed by atoms with E-state index in [0.717, 1.165) is 50.3 Å². The number of hydrogen-bond acceptors (Lipinski definition) is 3. The molecule has 1 fully saturated rings. The molecule has 0 spiro atoms. The summed E-state index contributed by atoms with van der Waals surface area (Å²) >= 11 is 0. The lowest BCUT2D eigenvalue weighted by molar-refractivity contribution is 0.123. The van der Waals surface area contributed by atoms with E-state index in [2.05, 4.69) is 59.1 Å². The number of aliphatic imine (C=N–C) groups is 1. The Kier molecular flexibility index (Phi) is 8.60. The fourth-order valence-corrected chi connectivity index (χ4v) is 2.54. The third kappa shape index (κ3) is 8.25. The van der Waals surface area contributed by atoms with Gasteiger partial charge in [0, 0.05) is 45.1 Å². The molecular formula is C20H34N4O. The first-order chi connectivity index (χ1) is 12.2. The van der Waals surface area contributed by atoms with Crippen LogP contribution in [0.5, 0.6) is 0 Å². The van der Waals surface area contributed by atoms with Crippen molar-refractivity contribution in [1.82, 2.24) is 10.6 Å². The molecule has 25 heavy (non-hydrogen) atoms. The van der Waals surface area contributed by atoms with Crippen LogP contribution in [0.2, 0.25) is 0 Å². The summed E-state index contributed by atoms with van der Waals surface area (Å²) < 4.78 is 5.66. The smallest absolute Gasteiger partial charge is 0.191 e. The Labute approximate surface area is 152 Å². The predicted molar refractivity (Wildman–Crippen MR) is 106 cm³/mol. The molecule has 1 aliphatic carbocycles. The van der Waals surface area contributed by atoms with Crippen molar-refractivity contribution in [2.75, 3.05) is 38.7 Å². The number of anilines is 1. The van der Waals surface area contributed by atoms with Crippen molar-refractivity contribution in [3.05, 3.63) is 30.3 Å². The number of nitrogens with one attached hydrogen (secondary N) is 3. The second-order valence-corrected chi connectivity index (χ2v) is 7.11. The molecule has 5 heteroatoms. The van der Waals surface area contributed by atoms with Crippen LogP contribution in [0.1, 0.15) is 33.1 Å². The second-order valence-electron chi connectivity index (χ2n) is 7.11. The average Bonchev–Trinajstić information content (AvgIpc) is 3.44. The van der Waals surface area contributed by atoms with Crippen LogP contribution in [0.15, 0.2) is 35.3 Å². The first-order valence-corrected chi connectivity index (χ1v) is 9.53. The topological polar surface area (TPSA) is 57.7 Å². The van der Waals surface area contributed by atoms with Crippen molar-refractivity contribution in [2.45, 2.75) is 39.2 Å². The number of guanidine groups is 1. The van der Waals surface area contributed by atoms with Gasteiger partial charge in [-0.25, -0.2) is 0 Å². The molecule has 1 aliphatic rings. The number of hydrogen-bond donors (Lipinski definition) is 3. The number of benzene rings is 1. The van der Waals surface area contributed by atoms with Crippen LogP contribution in [0.4, 0.5) is 5.69 Å². The van der Waals surface area contributed by atoms with Gasteiger partial charge >= 0.3 is 0 Å². The molecule has 3 N–H and O–H groups in total. The normalized spacial score (nSPS) is 15.9. The maximum atomic E-state index is 5.66. The molecule has 1 atom stereocenters. The van der Waals surface area contributed by atoms with Crippen molar-refractivity contribution in [1.29, 1.82) is 0 Å². The number of para-hydroxylation sites is 1. The van der Waals surface area contributed by atoms with E-state index in [9.17, 15) is 0 Å². The monoisotopic (exact) mass is 346 g/mol. The highest BCUT2D eigenvalue weighted by Crippen LogP contribution is 2.28. The van der Waals surface area contributed by atoms with Gasteiger partial charge in [0.25, 0.3) is 0 Å². The minimum absolute atomic E-state index is 0.336. The van der Waals surface area contributed by atoms with Gasteiger partial charge in [-0.05, 0) is 43.2 Å². The van der Waals surface area contributed by atoms with Gasteiger partial charge in [0.2, 0.25) is 0 Å². The maximum Gasteiger partial charge on any atom is 0.191 e. The molecule has 0 saturated heterocycles. The Hall–Kier alpha value is -1.75. The predicted octanol–water partition coefficient (Wildman–Crippen LogP) is 3.10. The Bertz CT molecular complexity index is 500. The standard InChI is InChI=1S/C20H34N4O/c1-16(2)19(24-18-8-5-4-6-9-18)14-23-20(21-3)22-12-7-13-25-15-17-10-11-17/h4-6,8-9,16-17,19,24H,7,10-15H2,1-3H3,(H2,21,22,23). The highest BCUT2D eigenvalue weighted by atomic mass is 16.5. The van der Waals surface area contributed by atoms with E-state index < -0.39 is 0 Å². The van der Waals surface area contributed by atoms with Crippen LogP contribution in [-0.4, -0.2) is 45.4 Å². The second kappa shape index (κ2) is 11.0. The molecule has 140 valence electrons. The summed E-state index contributed by atoms with van der Waals surface area (Å²) in [5, 5.41) is 10.4. The molecular weight excluding hydrogens is 312 g/mol. The third-order valence-corrected chi connectivity index (χ3v) is 4.45. The molecule has 0 heterocycles. The lowest BCUT2D eigenvalue weighted by atomic mass is 10.0. The van der Waals surface area contributed by atoms with Gasteiger partial charge in [0.15, 0.2) is 5.96 Å². The zero-order chi connectivity index (χ0) is 17.9. The summed E-state index contributed by atoms with van der Waals surface area (Å²) in [6, 6.07) is 10.7. The van der Waals surface area contributed by atoms with Gasteiger partial charge in [-0.15, -0.1) is 0 Å². The lowest BCUT2D eigenvalue weighted by Crippen LogP contribution is -2.45. The van der Waals surface area contributed by atoms with Crippen LogP contribution in [0.3, 0.4) is 0 Å². The highest BCUT2D eigenvalue weighted by molar-refractivity contribution is 5.79. The van der Waals surface area contributed by atoms with Crippen molar-refractivity contribution < 1.29 is 4.74 Å². The minimum Gasteiger partial charge on any atom is -0.381 e. The van der Waals surface area contributed by atoms with E-state index in [4.69, 9.17) is 4.74 Å². The SMILES string of the molecule is CN=C(NCCCOCC1CC1)NCC(Nc1ccccc1)C(C)C. The van der Waals surface area contributed by atoms with Crippen LogP contribution >= 0.6 is 0 Å². The highest BCUT2D eigenvalue weighted by Gasteiger charge is 2.20. The fraction of sp³-hybridized carbons (Fsp3) is 0.650. The van der Waals surface area contributed by atoms with E-state index in [1.54, 1.807) is 0 Å². The van der Waals surface area contributed by atoms with Crippen LogP contribution < -0.4 is 16.0 Å². The first kappa shape index (κ1) is 19.6. The van der Waals surface area contributed by atoms with Crippen LogP contribution in [0.25, 0.3) is 0 Å². The van der Waals surface area contributed by atoms with Gasteiger partial charge < -0.3 is 20.7 Å². The summed E-state index contributed by atoms with van der Waals surface area (Å²) in [6.07, 6.45) is 3.70. The van der Waals surface area contributed by atoms with Gasteiger partial charge in [0.05, 0.1) is 0 Å². The zero-order valence-corrected chi connectivity index (χ0v) is 15.9. The zero-order valence-electron chi connectivity index (χ0n) is 15.9. The fourth-order valence-electron chi connectivity index (χ4n) is 2.54. The lowest BCUT2D eigenvalue weighted by Gasteiger charge is -2.25. The quantitative estimate of drug-likeness (QED) is 0.327. The molecule has 1 aromatic carbocycles. The first-order valence-electron chi connectivity index (χ1n) is 9.53. The van der Waals surface area contributed by atoms with Gasteiger partial charge in [-0.3, -0.25) is 4.99 Å². The van der Waals surface area contributed by atoms with Crippen molar-refractivity contribution in [3.8, 4) is 0 Å². The van der Waals surface area contributed by atoms with E-state index in [1.807, 2.05) is 13.1 Å². The Morgan fingerprint density at radius 1 is 1.20 bits per heavy atom. The summed E-state index contributed by atoms with van der Waals surface area (Å²) in [7, 11) is 1.81. The van der Waals surface area contributed by atoms with E-state index >= 15 is 0 Å². The van der Waals surface area contributed by atoms with Crippen LogP contribution in [0, 0.1) is 11.8 Å². The maximum absolute atomic E-state index is 5.66. The largest absolute Gasteiger partial charge is 0.381 e. The Balaban J connectivity index is 1.64. The molecule has 0 aromatic heterocycles. The van der Waals surface area contributed by atoms with Gasteiger partial charge in [-0.2, -0.15) is 0 Å². The number of rotatable bonds is 11. The summed E-state index contributed by atoms with van der Waals surface area (Å²) in [6.45, 7) is 7.93. The molecule has 0 amide bonds. The molecule has 1 unspecified atom stereocenters. The summed E-state index contributed by atoms with van der Waals surface area (Å²) in [5.74, 6) is 2.21.